The minimum atomic E-state index is 0.180. The molecule has 0 radical (unpaired) electrons. The molecule has 0 aromatic heterocycles. The molecule has 0 bridgehead atoms. The molecule has 3 N–H and O–H groups in total. The molecule has 2 unspecified atom stereocenters. The van der Waals surface area contributed by atoms with Crippen LogP contribution in [0.4, 0.5) is 0 Å². The quantitative estimate of drug-likeness (QED) is 0.662. The lowest BCUT2D eigenvalue weighted by Crippen LogP contribution is -2.36. The fraction of sp³-hybridized carbons (Fsp3) is 0.933. The molecule has 19 heavy (non-hydrogen) atoms. The lowest BCUT2D eigenvalue weighted by Gasteiger charge is -2.27. The van der Waals surface area contributed by atoms with Gasteiger partial charge in [0.1, 0.15) is 0 Å². The van der Waals surface area contributed by atoms with Crippen molar-refractivity contribution in [3.63, 3.8) is 0 Å². The Bertz CT molecular complexity index is 257. The van der Waals surface area contributed by atoms with E-state index < -0.39 is 0 Å². The van der Waals surface area contributed by atoms with Gasteiger partial charge in [-0.05, 0) is 44.1 Å². The Labute approximate surface area is 117 Å². The average molecular weight is 270 g/mol. The van der Waals surface area contributed by atoms with Crippen molar-refractivity contribution in [3.8, 4) is 0 Å². The van der Waals surface area contributed by atoms with Gasteiger partial charge in [-0.1, -0.05) is 20.3 Å². The van der Waals surface area contributed by atoms with Gasteiger partial charge < -0.3 is 15.8 Å². The van der Waals surface area contributed by atoms with E-state index in [9.17, 15) is 4.79 Å². The number of ether oxygens (including phenoxy) is 1. The maximum Gasteiger partial charge on any atom is 0.223 e. The van der Waals surface area contributed by atoms with E-state index in [1.165, 1.54) is 6.42 Å². The first-order valence-corrected chi connectivity index (χ1v) is 7.69. The second kappa shape index (κ2) is 9.32. The van der Waals surface area contributed by atoms with Gasteiger partial charge in [-0.2, -0.15) is 0 Å². The highest BCUT2D eigenvalue weighted by molar-refractivity contribution is 5.78. The minimum absolute atomic E-state index is 0.180. The van der Waals surface area contributed by atoms with Gasteiger partial charge >= 0.3 is 0 Å². The molecule has 1 aliphatic rings. The molecule has 0 spiro atoms. The number of rotatable bonds is 8. The van der Waals surface area contributed by atoms with Crippen molar-refractivity contribution in [1.82, 2.24) is 5.32 Å². The molecule has 1 saturated carbocycles. The van der Waals surface area contributed by atoms with Crippen LogP contribution >= 0.6 is 0 Å². The number of hydrogen-bond acceptors (Lipinski definition) is 3. The van der Waals surface area contributed by atoms with Crippen LogP contribution in [0.15, 0.2) is 0 Å². The number of nitrogens with one attached hydrogen (secondary N) is 1. The second-order valence-electron chi connectivity index (χ2n) is 6.08. The summed E-state index contributed by atoms with van der Waals surface area (Å²) in [5.74, 6) is 1.50. The Balaban J connectivity index is 2.07. The zero-order valence-corrected chi connectivity index (χ0v) is 12.5. The van der Waals surface area contributed by atoms with Crippen LogP contribution in [0.25, 0.3) is 0 Å². The first-order chi connectivity index (χ1) is 9.13. The van der Waals surface area contributed by atoms with Crippen molar-refractivity contribution in [1.29, 1.82) is 0 Å². The maximum absolute atomic E-state index is 12.0. The smallest absolute Gasteiger partial charge is 0.223 e. The molecule has 4 heteroatoms. The zero-order valence-electron chi connectivity index (χ0n) is 12.5. The predicted molar refractivity (Wildman–Crippen MR) is 77.8 cm³/mol. The average Bonchev–Trinajstić information content (AvgIpc) is 2.42. The Hall–Kier alpha value is -0.610. The summed E-state index contributed by atoms with van der Waals surface area (Å²) in [5, 5.41) is 3.03. The summed E-state index contributed by atoms with van der Waals surface area (Å²) in [6, 6.07) is 0. The van der Waals surface area contributed by atoms with Crippen molar-refractivity contribution < 1.29 is 9.53 Å². The summed E-state index contributed by atoms with van der Waals surface area (Å²) in [6.45, 7) is 7.24. The van der Waals surface area contributed by atoms with Gasteiger partial charge in [0, 0.05) is 25.7 Å². The van der Waals surface area contributed by atoms with Gasteiger partial charge in [0.2, 0.25) is 5.91 Å². The summed E-state index contributed by atoms with van der Waals surface area (Å²) in [4.78, 5) is 12.0. The summed E-state index contributed by atoms with van der Waals surface area (Å²) in [5.41, 5.74) is 5.70. The van der Waals surface area contributed by atoms with Crippen molar-refractivity contribution in [2.45, 2.75) is 46.0 Å². The molecule has 0 aromatic rings. The third kappa shape index (κ3) is 6.92. The first kappa shape index (κ1) is 16.4. The molecule has 1 amide bonds. The van der Waals surface area contributed by atoms with Gasteiger partial charge in [0.15, 0.2) is 0 Å². The largest absolute Gasteiger partial charge is 0.381 e. The standard InChI is InChI=1S/C15H30N2O2/c1-12(2)11-19-8-4-7-17-15(18)14-6-3-5-13(9-14)10-16/h12-14H,3-11,16H2,1-2H3,(H,17,18). The maximum atomic E-state index is 12.0. The van der Waals surface area contributed by atoms with Crippen LogP contribution < -0.4 is 11.1 Å². The normalized spacial score (nSPS) is 23.6. The SMILES string of the molecule is CC(C)COCCCNC(=O)C1CCCC(CN)C1. The van der Waals surface area contributed by atoms with Crippen LogP contribution in [-0.2, 0) is 9.53 Å². The highest BCUT2D eigenvalue weighted by Gasteiger charge is 2.25. The van der Waals surface area contributed by atoms with Crippen LogP contribution in [0.5, 0.6) is 0 Å². The topological polar surface area (TPSA) is 64.3 Å². The van der Waals surface area contributed by atoms with Crippen molar-refractivity contribution >= 4 is 5.91 Å². The molecule has 0 saturated heterocycles. The van der Waals surface area contributed by atoms with Crippen LogP contribution in [0.1, 0.15) is 46.0 Å². The molecule has 4 nitrogen and oxygen atoms in total. The number of carbonyl (C=O) groups excluding carboxylic acids is 1. The molecular weight excluding hydrogens is 240 g/mol. The van der Waals surface area contributed by atoms with Gasteiger partial charge in [-0.3, -0.25) is 4.79 Å². The molecule has 0 heterocycles. The molecule has 1 fully saturated rings. The van der Waals surface area contributed by atoms with Crippen molar-refractivity contribution in [3.05, 3.63) is 0 Å². The molecule has 1 aliphatic carbocycles. The van der Waals surface area contributed by atoms with Gasteiger partial charge in [-0.25, -0.2) is 0 Å². The van der Waals surface area contributed by atoms with Gasteiger partial charge in [0.05, 0.1) is 0 Å². The third-order valence-electron chi connectivity index (χ3n) is 3.70. The van der Waals surface area contributed by atoms with Crippen molar-refractivity contribution in [2.75, 3.05) is 26.3 Å². The Morgan fingerprint density at radius 1 is 1.42 bits per heavy atom. The van der Waals surface area contributed by atoms with E-state index in [-0.39, 0.29) is 11.8 Å². The van der Waals surface area contributed by atoms with E-state index in [4.69, 9.17) is 10.5 Å². The Morgan fingerprint density at radius 2 is 2.21 bits per heavy atom. The monoisotopic (exact) mass is 270 g/mol. The summed E-state index contributed by atoms with van der Waals surface area (Å²) in [6.07, 6.45) is 5.20. The minimum Gasteiger partial charge on any atom is -0.381 e. The zero-order chi connectivity index (χ0) is 14.1. The molecule has 112 valence electrons. The third-order valence-corrected chi connectivity index (χ3v) is 3.70. The van der Waals surface area contributed by atoms with E-state index in [0.29, 0.717) is 18.4 Å². The molecule has 2 atom stereocenters. The fourth-order valence-electron chi connectivity index (χ4n) is 2.59. The highest BCUT2D eigenvalue weighted by Crippen LogP contribution is 2.28. The van der Waals surface area contributed by atoms with E-state index in [1.807, 2.05) is 0 Å². The second-order valence-corrected chi connectivity index (χ2v) is 6.08. The lowest BCUT2D eigenvalue weighted by atomic mass is 9.81. The van der Waals surface area contributed by atoms with Gasteiger partial charge in [-0.15, -0.1) is 0 Å². The van der Waals surface area contributed by atoms with Crippen LogP contribution in [0.2, 0.25) is 0 Å². The number of amides is 1. The Kier molecular flexibility index (Phi) is 8.07. The van der Waals surface area contributed by atoms with E-state index in [2.05, 4.69) is 19.2 Å². The predicted octanol–water partition coefficient (Wildman–Crippen LogP) is 1.93. The van der Waals surface area contributed by atoms with E-state index in [1.54, 1.807) is 0 Å². The van der Waals surface area contributed by atoms with E-state index in [0.717, 1.165) is 45.4 Å². The molecule has 0 aliphatic heterocycles. The molecule has 0 aromatic carbocycles. The van der Waals surface area contributed by atoms with Gasteiger partial charge in [0.25, 0.3) is 0 Å². The Morgan fingerprint density at radius 3 is 2.89 bits per heavy atom. The first-order valence-electron chi connectivity index (χ1n) is 7.69. The summed E-state index contributed by atoms with van der Waals surface area (Å²) in [7, 11) is 0. The van der Waals surface area contributed by atoms with E-state index >= 15 is 0 Å². The lowest BCUT2D eigenvalue weighted by molar-refractivity contribution is -0.126. The molecular formula is C15H30N2O2. The summed E-state index contributed by atoms with van der Waals surface area (Å²) < 4.78 is 5.49. The number of carbonyl (C=O) groups is 1. The molecule has 1 rings (SSSR count). The number of nitrogens with two attached hydrogens (primary N) is 1. The van der Waals surface area contributed by atoms with Crippen LogP contribution in [0, 0.1) is 17.8 Å². The number of hydrogen-bond donors (Lipinski definition) is 2. The van der Waals surface area contributed by atoms with Crippen LogP contribution in [-0.4, -0.2) is 32.2 Å². The highest BCUT2D eigenvalue weighted by atomic mass is 16.5. The van der Waals surface area contributed by atoms with Crippen LogP contribution in [0.3, 0.4) is 0 Å². The fourth-order valence-corrected chi connectivity index (χ4v) is 2.59. The summed E-state index contributed by atoms with van der Waals surface area (Å²) >= 11 is 0. The van der Waals surface area contributed by atoms with Crippen molar-refractivity contribution in [2.24, 2.45) is 23.5 Å².